The van der Waals surface area contributed by atoms with E-state index in [4.69, 9.17) is 5.73 Å². The van der Waals surface area contributed by atoms with Crippen molar-refractivity contribution in [3.8, 4) is 0 Å². The maximum Gasteiger partial charge on any atom is 0.183 e. The van der Waals surface area contributed by atoms with Crippen molar-refractivity contribution in [2.45, 2.75) is 13.3 Å². The number of nitrogens with zero attached hydrogens (tertiary/aromatic N) is 2. The predicted molar refractivity (Wildman–Crippen MR) is 66.7 cm³/mol. The number of aryl methyl sites for hydroxylation is 1. The van der Waals surface area contributed by atoms with Gasteiger partial charge in [0.1, 0.15) is 0 Å². The molecule has 0 aliphatic carbocycles. The van der Waals surface area contributed by atoms with Gasteiger partial charge < -0.3 is 16.0 Å². The average Bonchev–Trinajstić information content (AvgIpc) is 2.47. The third kappa shape index (κ3) is 4.15. The van der Waals surface area contributed by atoms with Gasteiger partial charge in [-0.1, -0.05) is 0 Å². The SMILES string of the molecule is Cc1nc(NCCN(C)C)sc1CCN. The Labute approximate surface area is 95.5 Å². The first-order valence-electron chi connectivity index (χ1n) is 5.18. The van der Waals surface area contributed by atoms with Crippen LogP contribution in [0.1, 0.15) is 10.6 Å². The number of nitrogens with two attached hydrogens (primary N) is 1. The Kier molecular flexibility index (Phi) is 5.01. The molecule has 0 bridgehead atoms. The van der Waals surface area contributed by atoms with Crippen molar-refractivity contribution in [2.24, 2.45) is 5.73 Å². The highest BCUT2D eigenvalue weighted by Crippen LogP contribution is 2.22. The van der Waals surface area contributed by atoms with Crippen molar-refractivity contribution in [1.82, 2.24) is 9.88 Å². The van der Waals surface area contributed by atoms with Crippen molar-refractivity contribution >= 4 is 16.5 Å². The quantitative estimate of drug-likeness (QED) is 0.760. The standard InChI is InChI=1S/C10H20N4S/c1-8-9(4-5-11)15-10(13-8)12-6-7-14(2)3/h4-7,11H2,1-3H3,(H,12,13). The monoisotopic (exact) mass is 228 g/mol. The lowest BCUT2D eigenvalue weighted by atomic mass is 10.3. The normalized spacial score (nSPS) is 11.0. The van der Waals surface area contributed by atoms with E-state index < -0.39 is 0 Å². The van der Waals surface area contributed by atoms with Crippen LogP contribution in [0.4, 0.5) is 5.13 Å². The molecule has 0 aromatic carbocycles. The number of hydrogen-bond acceptors (Lipinski definition) is 5. The van der Waals surface area contributed by atoms with E-state index in [0.29, 0.717) is 6.54 Å². The Morgan fingerprint density at radius 1 is 1.47 bits per heavy atom. The van der Waals surface area contributed by atoms with Gasteiger partial charge in [-0.05, 0) is 34.0 Å². The Hall–Kier alpha value is -0.650. The van der Waals surface area contributed by atoms with Gasteiger partial charge in [0.15, 0.2) is 5.13 Å². The fraction of sp³-hybridized carbons (Fsp3) is 0.700. The lowest BCUT2D eigenvalue weighted by Crippen LogP contribution is -2.20. The molecule has 1 rings (SSSR count). The molecule has 0 amide bonds. The molecule has 0 atom stereocenters. The highest BCUT2D eigenvalue weighted by molar-refractivity contribution is 7.15. The lowest BCUT2D eigenvalue weighted by molar-refractivity contribution is 0.425. The second kappa shape index (κ2) is 6.05. The van der Waals surface area contributed by atoms with Crippen LogP contribution in [-0.4, -0.2) is 43.6 Å². The number of nitrogens with one attached hydrogen (secondary N) is 1. The summed E-state index contributed by atoms with van der Waals surface area (Å²) in [5, 5.41) is 4.33. The summed E-state index contributed by atoms with van der Waals surface area (Å²) in [4.78, 5) is 7.90. The minimum absolute atomic E-state index is 0.695. The van der Waals surface area contributed by atoms with E-state index in [2.05, 4.69) is 29.3 Å². The van der Waals surface area contributed by atoms with Gasteiger partial charge >= 0.3 is 0 Å². The van der Waals surface area contributed by atoms with Crippen LogP contribution in [0.25, 0.3) is 0 Å². The van der Waals surface area contributed by atoms with Crippen LogP contribution >= 0.6 is 11.3 Å². The molecule has 86 valence electrons. The minimum atomic E-state index is 0.695. The van der Waals surface area contributed by atoms with Crippen molar-refractivity contribution < 1.29 is 0 Å². The molecule has 4 nitrogen and oxygen atoms in total. The molecule has 1 aromatic heterocycles. The van der Waals surface area contributed by atoms with E-state index in [1.165, 1.54) is 4.88 Å². The Morgan fingerprint density at radius 2 is 2.20 bits per heavy atom. The summed E-state index contributed by atoms with van der Waals surface area (Å²) >= 11 is 1.72. The fourth-order valence-electron chi connectivity index (χ4n) is 1.25. The zero-order valence-corrected chi connectivity index (χ0v) is 10.5. The van der Waals surface area contributed by atoms with Crippen molar-refractivity contribution in [3.63, 3.8) is 0 Å². The van der Waals surface area contributed by atoms with E-state index in [9.17, 15) is 0 Å². The third-order valence-corrected chi connectivity index (χ3v) is 3.27. The zero-order chi connectivity index (χ0) is 11.3. The van der Waals surface area contributed by atoms with Crippen molar-refractivity contribution in [3.05, 3.63) is 10.6 Å². The van der Waals surface area contributed by atoms with Gasteiger partial charge in [0.05, 0.1) is 5.69 Å². The Balaban J connectivity index is 2.44. The van der Waals surface area contributed by atoms with Crippen LogP contribution in [0.15, 0.2) is 0 Å². The molecule has 3 N–H and O–H groups in total. The number of rotatable bonds is 6. The van der Waals surface area contributed by atoms with Gasteiger partial charge in [-0.15, -0.1) is 11.3 Å². The number of hydrogen-bond donors (Lipinski definition) is 2. The first-order chi connectivity index (χ1) is 7.13. The van der Waals surface area contributed by atoms with E-state index in [0.717, 1.165) is 30.3 Å². The van der Waals surface area contributed by atoms with E-state index in [-0.39, 0.29) is 0 Å². The molecule has 0 saturated heterocycles. The zero-order valence-electron chi connectivity index (χ0n) is 9.71. The van der Waals surface area contributed by atoms with Crippen LogP contribution in [0.5, 0.6) is 0 Å². The van der Waals surface area contributed by atoms with Crippen LogP contribution in [-0.2, 0) is 6.42 Å². The van der Waals surface area contributed by atoms with E-state index in [1.807, 2.05) is 6.92 Å². The van der Waals surface area contributed by atoms with Crippen LogP contribution in [0, 0.1) is 6.92 Å². The molecule has 0 aliphatic heterocycles. The number of thiazole rings is 1. The summed E-state index contributed by atoms with van der Waals surface area (Å²) in [5.74, 6) is 0. The maximum absolute atomic E-state index is 5.53. The van der Waals surface area contributed by atoms with Crippen molar-refractivity contribution in [2.75, 3.05) is 39.0 Å². The highest BCUT2D eigenvalue weighted by atomic mass is 32.1. The van der Waals surface area contributed by atoms with Crippen LogP contribution < -0.4 is 11.1 Å². The molecule has 0 saturated carbocycles. The van der Waals surface area contributed by atoms with Crippen molar-refractivity contribution in [1.29, 1.82) is 0 Å². The van der Waals surface area contributed by atoms with Gasteiger partial charge in [-0.25, -0.2) is 4.98 Å². The summed E-state index contributed by atoms with van der Waals surface area (Å²) in [6.45, 7) is 4.69. The molecule has 1 heterocycles. The van der Waals surface area contributed by atoms with E-state index >= 15 is 0 Å². The molecule has 0 radical (unpaired) electrons. The van der Waals surface area contributed by atoms with Gasteiger partial charge in [-0.3, -0.25) is 0 Å². The molecular weight excluding hydrogens is 208 g/mol. The highest BCUT2D eigenvalue weighted by Gasteiger charge is 2.05. The molecule has 0 fully saturated rings. The molecule has 0 aliphatic rings. The molecule has 0 unspecified atom stereocenters. The van der Waals surface area contributed by atoms with Crippen LogP contribution in [0.3, 0.4) is 0 Å². The topological polar surface area (TPSA) is 54.2 Å². The lowest BCUT2D eigenvalue weighted by Gasteiger charge is -2.08. The molecular formula is C10H20N4S. The van der Waals surface area contributed by atoms with Gasteiger partial charge in [0.25, 0.3) is 0 Å². The number of aromatic nitrogens is 1. The van der Waals surface area contributed by atoms with Gasteiger partial charge in [0.2, 0.25) is 0 Å². The fourth-order valence-corrected chi connectivity index (χ4v) is 2.26. The largest absolute Gasteiger partial charge is 0.360 e. The Bertz CT molecular complexity index is 296. The van der Waals surface area contributed by atoms with Gasteiger partial charge in [0, 0.05) is 18.0 Å². The summed E-state index contributed by atoms with van der Waals surface area (Å²) in [7, 11) is 4.13. The smallest absolute Gasteiger partial charge is 0.183 e. The summed E-state index contributed by atoms with van der Waals surface area (Å²) in [5.41, 5.74) is 6.64. The predicted octanol–water partition coefficient (Wildman–Crippen LogP) is 0.926. The minimum Gasteiger partial charge on any atom is -0.360 e. The second-order valence-corrected chi connectivity index (χ2v) is 4.88. The maximum atomic E-state index is 5.53. The first kappa shape index (κ1) is 12.4. The van der Waals surface area contributed by atoms with Crippen LogP contribution in [0.2, 0.25) is 0 Å². The number of likely N-dealkylation sites (N-methyl/N-ethyl adjacent to an activating group) is 1. The number of anilines is 1. The summed E-state index contributed by atoms with van der Waals surface area (Å²) in [6.07, 6.45) is 0.929. The molecule has 0 spiro atoms. The van der Waals surface area contributed by atoms with E-state index in [1.54, 1.807) is 11.3 Å². The summed E-state index contributed by atoms with van der Waals surface area (Å²) in [6, 6.07) is 0. The average molecular weight is 228 g/mol. The second-order valence-electron chi connectivity index (χ2n) is 3.80. The summed E-state index contributed by atoms with van der Waals surface area (Å²) < 4.78 is 0. The molecule has 1 aromatic rings. The Morgan fingerprint density at radius 3 is 2.80 bits per heavy atom. The molecule has 15 heavy (non-hydrogen) atoms. The first-order valence-corrected chi connectivity index (χ1v) is 6.00. The van der Waals surface area contributed by atoms with Gasteiger partial charge in [-0.2, -0.15) is 0 Å². The molecule has 5 heteroatoms. The third-order valence-electron chi connectivity index (χ3n) is 2.10.